The maximum absolute atomic E-state index is 11.3. The van der Waals surface area contributed by atoms with Crippen molar-refractivity contribution in [2.24, 2.45) is 17.3 Å². The van der Waals surface area contributed by atoms with E-state index in [1.807, 2.05) is 0 Å². The molecule has 1 heterocycles. The van der Waals surface area contributed by atoms with E-state index in [-0.39, 0.29) is 5.91 Å². The maximum atomic E-state index is 11.3. The fourth-order valence-corrected chi connectivity index (χ4v) is 3.28. The topological polar surface area (TPSA) is 20.3 Å². The predicted octanol–water partition coefficient (Wildman–Crippen LogP) is 1.90. The van der Waals surface area contributed by atoms with Crippen LogP contribution in [0.1, 0.15) is 34.1 Å². The van der Waals surface area contributed by atoms with Crippen molar-refractivity contribution in [1.29, 1.82) is 0 Å². The van der Waals surface area contributed by atoms with E-state index in [0.717, 1.165) is 24.8 Å². The molecule has 74 valence electrons. The van der Waals surface area contributed by atoms with Gasteiger partial charge in [-0.25, -0.2) is 0 Å². The van der Waals surface area contributed by atoms with Gasteiger partial charge in [0.15, 0.2) is 0 Å². The number of likely N-dealkylation sites (tertiary alicyclic amines) is 1. The first-order valence-corrected chi connectivity index (χ1v) is 5.27. The maximum Gasteiger partial charge on any atom is 0.219 e. The molecule has 2 fully saturated rings. The van der Waals surface area contributed by atoms with Crippen LogP contribution in [0.5, 0.6) is 0 Å². The second kappa shape index (κ2) is 2.49. The van der Waals surface area contributed by atoms with E-state index < -0.39 is 0 Å². The third kappa shape index (κ3) is 1.04. The average molecular weight is 181 g/mol. The normalized spacial score (nSPS) is 40.3. The van der Waals surface area contributed by atoms with E-state index in [0.29, 0.717) is 11.5 Å². The van der Waals surface area contributed by atoms with Gasteiger partial charge in [-0.1, -0.05) is 20.8 Å². The SMILES string of the molecule is CC[C@@H]1[C@@H]2[C@H](CN1C(C)=O)C2(C)C. The number of hydrogen-bond acceptors (Lipinski definition) is 1. The van der Waals surface area contributed by atoms with Crippen molar-refractivity contribution in [3.05, 3.63) is 0 Å². The molecular formula is C11H19NO. The first-order chi connectivity index (χ1) is 6.00. The standard InChI is InChI=1S/C11H19NO/c1-5-9-10-8(11(10,3)4)6-12(9)7(2)13/h8-10H,5-6H2,1-4H3/t8-,9+,10-/m0/s1. The van der Waals surface area contributed by atoms with Crippen molar-refractivity contribution in [3.63, 3.8) is 0 Å². The summed E-state index contributed by atoms with van der Waals surface area (Å²) in [6.07, 6.45) is 1.12. The van der Waals surface area contributed by atoms with Crippen molar-refractivity contribution >= 4 is 5.91 Å². The molecule has 0 spiro atoms. The highest BCUT2D eigenvalue weighted by Crippen LogP contribution is 2.65. The highest BCUT2D eigenvalue weighted by molar-refractivity contribution is 5.74. The Kier molecular flexibility index (Phi) is 1.73. The van der Waals surface area contributed by atoms with Crippen molar-refractivity contribution in [3.8, 4) is 0 Å². The molecule has 0 radical (unpaired) electrons. The zero-order chi connectivity index (χ0) is 9.80. The molecule has 0 aromatic rings. The molecular weight excluding hydrogens is 162 g/mol. The smallest absolute Gasteiger partial charge is 0.219 e. The van der Waals surface area contributed by atoms with Gasteiger partial charge in [0.25, 0.3) is 0 Å². The molecule has 2 nitrogen and oxygen atoms in total. The lowest BCUT2D eigenvalue weighted by Gasteiger charge is -2.29. The van der Waals surface area contributed by atoms with Gasteiger partial charge in [0.1, 0.15) is 0 Å². The molecule has 2 aliphatic rings. The summed E-state index contributed by atoms with van der Waals surface area (Å²) in [5.74, 6) is 1.82. The fraction of sp³-hybridized carbons (Fsp3) is 0.909. The number of rotatable bonds is 1. The van der Waals surface area contributed by atoms with Crippen molar-refractivity contribution in [2.75, 3.05) is 6.54 Å². The van der Waals surface area contributed by atoms with Gasteiger partial charge in [-0.15, -0.1) is 0 Å². The van der Waals surface area contributed by atoms with Crippen LogP contribution in [-0.4, -0.2) is 23.4 Å². The number of fused-ring (bicyclic) bond motifs is 1. The lowest BCUT2D eigenvalue weighted by molar-refractivity contribution is -0.130. The molecule has 0 aromatic carbocycles. The van der Waals surface area contributed by atoms with Gasteiger partial charge in [0.05, 0.1) is 0 Å². The summed E-state index contributed by atoms with van der Waals surface area (Å²) in [6, 6.07) is 0.525. The van der Waals surface area contributed by atoms with Crippen molar-refractivity contribution < 1.29 is 4.79 Å². The molecule has 1 aliphatic heterocycles. The van der Waals surface area contributed by atoms with E-state index in [2.05, 4.69) is 25.7 Å². The summed E-state index contributed by atoms with van der Waals surface area (Å²) in [7, 11) is 0. The van der Waals surface area contributed by atoms with Crippen LogP contribution in [0.25, 0.3) is 0 Å². The third-order valence-electron chi connectivity index (χ3n) is 4.17. The molecule has 2 rings (SSSR count). The first kappa shape index (κ1) is 9.04. The van der Waals surface area contributed by atoms with Gasteiger partial charge in [0, 0.05) is 19.5 Å². The molecule has 1 amide bonds. The lowest BCUT2D eigenvalue weighted by Crippen LogP contribution is -2.38. The molecule has 13 heavy (non-hydrogen) atoms. The molecule has 0 aromatic heterocycles. The summed E-state index contributed by atoms with van der Waals surface area (Å²) in [4.78, 5) is 13.4. The summed E-state index contributed by atoms with van der Waals surface area (Å²) in [5, 5.41) is 0. The predicted molar refractivity (Wildman–Crippen MR) is 52.2 cm³/mol. The number of carbonyl (C=O) groups is 1. The molecule has 1 saturated heterocycles. The van der Waals surface area contributed by atoms with E-state index in [4.69, 9.17) is 0 Å². The molecule has 2 heteroatoms. The van der Waals surface area contributed by atoms with Crippen LogP contribution in [0.3, 0.4) is 0 Å². The quantitative estimate of drug-likeness (QED) is 0.605. The largest absolute Gasteiger partial charge is 0.339 e. The van der Waals surface area contributed by atoms with Crippen LogP contribution in [0.4, 0.5) is 0 Å². The Hall–Kier alpha value is -0.530. The molecule has 0 bridgehead atoms. The Morgan fingerprint density at radius 1 is 1.54 bits per heavy atom. The lowest BCUT2D eigenvalue weighted by atomic mass is 9.99. The summed E-state index contributed by atoms with van der Waals surface area (Å²) >= 11 is 0. The zero-order valence-corrected chi connectivity index (χ0v) is 9.00. The van der Waals surface area contributed by atoms with Crippen LogP contribution in [-0.2, 0) is 4.79 Å². The third-order valence-corrected chi connectivity index (χ3v) is 4.17. The number of amides is 1. The van der Waals surface area contributed by atoms with Crippen molar-refractivity contribution in [1.82, 2.24) is 4.90 Å². The zero-order valence-electron chi connectivity index (χ0n) is 9.00. The number of piperidine rings is 1. The Balaban J connectivity index is 2.13. The Morgan fingerprint density at radius 2 is 2.15 bits per heavy atom. The summed E-state index contributed by atoms with van der Waals surface area (Å²) in [6.45, 7) is 9.56. The minimum atomic E-state index is 0.259. The first-order valence-electron chi connectivity index (χ1n) is 5.27. The Labute approximate surface area is 80.3 Å². The summed E-state index contributed by atoms with van der Waals surface area (Å²) in [5.41, 5.74) is 0.507. The van der Waals surface area contributed by atoms with Gasteiger partial charge in [-0.2, -0.15) is 0 Å². The molecule has 1 aliphatic carbocycles. The van der Waals surface area contributed by atoms with Crippen LogP contribution in [0.15, 0.2) is 0 Å². The highest BCUT2D eigenvalue weighted by Gasteiger charge is 2.66. The van der Waals surface area contributed by atoms with E-state index in [1.165, 1.54) is 0 Å². The van der Waals surface area contributed by atoms with Gasteiger partial charge in [-0.3, -0.25) is 4.79 Å². The highest BCUT2D eigenvalue weighted by atomic mass is 16.2. The summed E-state index contributed by atoms with van der Waals surface area (Å²) < 4.78 is 0. The minimum Gasteiger partial charge on any atom is -0.339 e. The van der Waals surface area contributed by atoms with Gasteiger partial charge < -0.3 is 4.90 Å². The van der Waals surface area contributed by atoms with Crippen LogP contribution < -0.4 is 0 Å². The van der Waals surface area contributed by atoms with Crippen molar-refractivity contribution in [2.45, 2.75) is 40.2 Å². The second-order valence-electron chi connectivity index (χ2n) is 5.10. The number of carbonyl (C=O) groups excluding carboxylic acids is 1. The molecule has 1 saturated carbocycles. The van der Waals surface area contributed by atoms with Crippen LogP contribution >= 0.6 is 0 Å². The van der Waals surface area contributed by atoms with E-state index >= 15 is 0 Å². The van der Waals surface area contributed by atoms with Crippen LogP contribution in [0.2, 0.25) is 0 Å². The average Bonchev–Trinajstić information content (AvgIpc) is 2.48. The fourth-order valence-electron chi connectivity index (χ4n) is 3.28. The molecule has 3 atom stereocenters. The van der Waals surface area contributed by atoms with Gasteiger partial charge in [-0.05, 0) is 23.7 Å². The second-order valence-corrected chi connectivity index (χ2v) is 5.10. The number of nitrogens with zero attached hydrogens (tertiary/aromatic N) is 1. The van der Waals surface area contributed by atoms with Gasteiger partial charge >= 0.3 is 0 Å². The van der Waals surface area contributed by atoms with E-state index in [1.54, 1.807) is 6.92 Å². The molecule has 0 unspecified atom stereocenters. The van der Waals surface area contributed by atoms with E-state index in [9.17, 15) is 4.79 Å². The molecule has 0 N–H and O–H groups in total. The van der Waals surface area contributed by atoms with Crippen LogP contribution in [0, 0.1) is 17.3 Å². The Bertz CT molecular complexity index is 246. The van der Waals surface area contributed by atoms with Gasteiger partial charge in [0.2, 0.25) is 5.91 Å². The Morgan fingerprint density at radius 3 is 2.62 bits per heavy atom. The number of hydrogen-bond donors (Lipinski definition) is 0. The minimum absolute atomic E-state index is 0.259. The monoisotopic (exact) mass is 181 g/mol.